The molecule has 1 aromatic rings. The lowest BCUT2D eigenvalue weighted by Gasteiger charge is -2.24. The van der Waals surface area contributed by atoms with Crippen LogP contribution in [0.15, 0.2) is 22.0 Å². The molecule has 0 saturated heterocycles. The smallest absolute Gasteiger partial charge is 0.225 e. The summed E-state index contributed by atoms with van der Waals surface area (Å²) in [6.07, 6.45) is 5.17. The lowest BCUT2D eigenvalue weighted by molar-refractivity contribution is -0.120. The first kappa shape index (κ1) is 17.1. The van der Waals surface area contributed by atoms with E-state index in [1.165, 1.54) is 24.8 Å². The number of thioether (sulfide) groups is 1. The summed E-state index contributed by atoms with van der Waals surface area (Å²) >= 11 is 3.26. The predicted octanol–water partition coefficient (Wildman–Crippen LogP) is 4.71. The van der Waals surface area contributed by atoms with Gasteiger partial charge in [0.2, 0.25) is 5.91 Å². The van der Waals surface area contributed by atoms with Crippen molar-refractivity contribution in [1.29, 1.82) is 5.26 Å². The number of hydrogen-bond acceptors (Lipinski definition) is 4. The van der Waals surface area contributed by atoms with Crippen LogP contribution in [0.1, 0.15) is 55.4 Å². The molecule has 0 spiro atoms. The van der Waals surface area contributed by atoms with E-state index in [1.807, 2.05) is 12.3 Å². The van der Waals surface area contributed by atoms with Crippen LogP contribution in [0.4, 0.5) is 0 Å². The quantitative estimate of drug-likeness (QED) is 0.735. The van der Waals surface area contributed by atoms with E-state index in [0.29, 0.717) is 6.42 Å². The maximum atomic E-state index is 12.0. The number of hydrogen-bond donors (Lipinski definition) is 1. The van der Waals surface area contributed by atoms with Crippen LogP contribution in [-0.2, 0) is 4.79 Å². The number of carbonyl (C=O) groups is 1. The van der Waals surface area contributed by atoms with Crippen LogP contribution >= 0.6 is 23.1 Å². The number of nitrogens with one attached hydrogen (secondary N) is 1. The second-order valence-electron chi connectivity index (χ2n) is 5.54. The van der Waals surface area contributed by atoms with Crippen LogP contribution in [0.3, 0.4) is 0 Å². The summed E-state index contributed by atoms with van der Waals surface area (Å²) in [6, 6.07) is 4.40. The van der Waals surface area contributed by atoms with Crippen molar-refractivity contribution in [2.75, 3.05) is 5.75 Å². The zero-order valence-corrected chi connectivity index (χ0v) is 14.8. The molecule has 0 unspecified atom stereocenters. The van der Waals surface area contributed by atoms with Crippen LogP contribution in [0.2, 0.25) is 0 Å². The summed E-state index contributed by atoms with van der Waals surface area (Å²) in [6.45, 7) is 4.24. The Labute approximate surface area is 140 Å². The molecule has 22 heavy (non-hydrogen) atoms. The molecule has 1 aromatic heterocycles. The fourth-order valence-electron chi connectivity index (χ4n) is 2.60. The van der Waals surface area contributed by atoms with Crippen molar-refractivity contribution in [3.63, 3.8) is 0 Å². The Morgan fingerprint density at radius 1 is 1.45 bits per heavy atom. The molecule has 0 aliphatic carbocycles. The van der Waals surface area contributed by atoms with Crippen molar-refractivity contribution in [3.8, 4) is 6.07 Å². The van der Waals surface area contributed by atoms with E-state index in [-0.39, 0.29) is 11.8 Å². The highest BCUT2D eigenvalue weighted by Crippen LogP contribution is 2.39. The van der Waals surface area contributed by atoms with E-state index in [2.05, 4.69) is 24.4 Å². The van der Waals surface area contributed by atoms with E-state index in [4.69, 9.17) is 0 Å². The van der Waals surface area contributed by atoms with Gasteiger partial charge in [-0.15, -0.1) is 23.1 Å². The van der Waals surface area contributed by atoms with Crippen molar-refractivity contribution >= 4 is 29.0 Å². The average Bonchev–Trinajstić information content (AvgIpc) is 2.92. The van der Waals surface area contributed by atoms with E-state index < -0.39 is 0 Å². The summed E-state index contributed by atoms with van der Waals surface area (Å²) in [5, 5.41) is 15.3. The number of thiophene rings is 1. The monoisotopic (exact) mass is 334 g/mol. The Hall–Kier alpha value is -1.25. The number of rotatable bonds is 7. The Kier molecular flexibility index (Phi) is 6.53. The minimum Gasteiger partial charge on any atom is -0.320 e. The van der Waals surface area contributed by atoms with E-state index in [1.54, 1.807) is 23.1 Å². The Morgan fingerprint density at radius 3 is 2.91 bits per heavy atom. The minimum atomic E-state index is -0.0723. The molecular weight excluding hydrogens is 312 g/mol. The van der Waals surface area contributed by atoms with Gasteiger partial charge in [-0.2, -0.15) is 5.26 Å². The van der Waals surface area contributed by atoms with Crippen molar-refractivity contribution in [1.82, 2.24) is 5.32 Å². The molecule has 1 aliphatic rings. The van der Waals surface area contributed by atoms with Gasteiger partial charge in [0.15, 0.2) is 0 Å². The summed E-state index contributed by atoms with van der Waals surface area (Å²) in [4.78, 5) is 13.2. The molecule has 1 amide bonds. The first-order valence-electron chi connectivity index (χ1n) is 7.78. The molecule has 2 rings (SSSR count). The topological polar surface area (TPSA) is 52.9 Å². The SMILES string of the molecule is CCCCCCSC1=C(C#N)[C@H](c2sccc2C)CC(=O)N1. The van der Waals surface area contributed by atoms with Gasteiger partial charge in [-0.3, -0.25) is 4.79 Å². The number of aryl methyl sites for hydroxylation is 1. The van der Waals surface area contributed by atoms with Crippen LogP contribution in [0, 0.1) is 18.3 Å². The maximum absolute atomic E-state index is 12.0. The normalized spacial score (nSPS) is 18.2. The Balaban J connectivity index is 2.14. The van der Waals surface area contributed by atoms with Gasteiger partial charge in [0.25, 0.3) is 0 Å². The predicted molar refractivity (Wildman–Crippen MR) is 93.8 cm³/mol. The highest BCUT2D eigenvalue weighted by Gasteiger charge is 2.30. The van der Waals surface area contributed by atoms with Crippen LogP contribution in [-0.4, -0.2) is 11.7 Å². The molecule has 2 heterocycles. The second kappa shape index (κ2) is 8.40. The Morgan fingerprint density at radius 2 is 2.27 bits per heavy atom. The van der Waals surface area contributed by atoms with Crippen LogP contribution in [0.5, 0.6) is 0 Å². The molecule has 5 heteroatoms. The van der Waals surface area contributed by atoms with Crippen molar-refractivity contribution in [3.05, 3.63) is 32.5 Å². The highest BCUT2D eigenvalue weighted by molar-refractivity contribution is 8.03. The third-order valence-corrected chi connectivity index (χ3v) is 6.05. The zero-order chi connectivity index (χ0) is 15.9. The standard InChI is InChI=1S/C17H22N2OS2/c1-3-4-5-6-8-22-17-14(11-18)13(10-15(20)19-17)16-12(2)7-9-21-16/h7,9,13H,3-6,8,10H2,1-2H3,(H,19,20)/t13-/m1/s1. The van der Waals surface area contributed by atoms with E-state index in [9.17, 15) is 10.1 Å². The van der Waals surface area contributed by atoms with Crippen molar-refractivity contribution in [2.24, 2.45) is 0 Å². The summed E-state index contributed by atoms with van der Waals surface area (Å²) in [7, 11) is 0. The molecule has 0 fully saturated rings. The second-order valence-corrected chi connectivity index (χ2v) is 7.59. The van der Waals surface area contributed by atoms with Crippen LogP contribution in [0.25, 0.3) is 0 Å². The lowest BCUT2D eigenvalue weighted by atomic mass is 9.91. The van der Waals surface area contributed by atoms with Gasteiger partial charge in [0.1, 0.15) is 0 Å². The lowest BCUT2D eigenvalue weighted by Crippen LogP contribution is -2.30. The maximum Gasteiger partial charge on any atom is 0.225 e. The summed E-state index contributed by atoms with van der Waals surface area (Å²) in [5.41, 5.74) is 1.90. The minimum absolute atomic E-state index is 0.0212. The number of carbonyl (C=O) groups excluding carboxylic acids is 1. The number of allylic oxidation sites excluding steroid dienone is 1. The van der Waals surface area contributed by atoms with Crippen molar-refractivity contribution in [2.45, 2.75) is 51.9 Å². The molecule has 1 N–H and O–H groups in total. The largest absolute Gasteiger partial charge is 0.320 e. The molecular formula is C17H22N2OS2. The molecule has 0 saturated carbocycles. The van der Waals surface area contributed by atoms with Gasteiger partial charge in [-0.05, 0) is 36.1 Å². The van der Waals surface area contributed by atoms with E-state index in [0.717, 1.165) is 27.7 Å². The number of nitrogens with zero attached hydrogens (tertiary/aromatic N) is 1. The first-order valence-corrected chi connectivity index (χ1v) is 9.64. The average molecular weight is 335 g/mol. The third kappa shape index (κ3) is 4.15. The molecule has 118 valence electrons. The summed E-state index contributed by atoms with van der Waals surface area (Å²) < 4.78 is 0. The number of amides is 1. The Bertz CT molecular complexity index is 598. The fourth-order valence-corrected chi connectivity index (χ4v) is 4.72. The van der Waals surface area contributed by atoms with Crippen molar-refractivity contribution < 1.29 is 4.79 Å². The molecule has 0 aromatic carbocycles. The molecule has 3 nitrogen and oxygen atoms in total. The van der Waals surface area contributed by atoms with Gasteiger partial charge in [-0.1, -0.05) is 26.2 Å². The van der Waals surface area contributed by atoms with Crippen LogP contribution < -0.4 is 5.32 Å². The molecule has 0 bridgehead atoms. The number of unbranched alkanes of at least 4 members (excludes halogenated alkanes) is 3. The van der Waals surface area contributed by atoms with Gasteiger partial charge in [-0.25, -0.2) is 0 Å². The van der Waals surface area contributed by atoms with E-state index >= 15 is 0 Å². The molecule has 0 radical (unpaired) electrons. The zero-order valence-electron chi connectivity index (χ0n) is 13.1. The highest BCUT2D eigenvalue weighted by atomic mass is 32.2. The van der Waals surface area contributed by atoms with Gasteiger partial charge >= 0.3 is 0 Å². The third-order valence-electron chi connectivity index (χ3n) is 3.82. The van der Waals surface area contributed by atoms with Gasteiger partial charge in [0.05, 0.1) is 16.7 Å². The fraction of sp³-hybridized carbons (Fsp3) is 0.529. The summed E-state index contributed by atoms with van der Waals surface area (Å²) in [5.74, 6) is 0.904. The number of nitriles is 1. The molecule has 1 atom stereocenters. The van der Waals surface area contributed by atoms with Gasteiger partial charge < -0.3 is 5.32 Å². The first-order chi connectivity index (χ1) is 10.7. The van der Waals surface area contributed by atoms with Gasteiger partial charge in [0, 0.05) is 17.2 Å². The molecule has 1 aliphatic heterocycles.